The van der Waals surface area contributed by atoms with Gasteiger partial charge in [-0.05, 0) is 36.8 Å². The summed E-state index contributed by atoms with van der Waals surface area (Å²) in [7, 11) is 1.60. The maximum absolute atomic E-state index is 12.6. The lowest BCUT2D eigenvalue weighted by Crippen LogP contribution is -2.38. The van der Waals surface area contributed by atoms with Crippen LogP contribution in [0.4, 0.5) is 5.69 Å². The first kappa shape index (κ1) is 17.4. The van der Waals surface area contributed by atoms with Gasteiger partial charge in [-0.3, -0.25) is 4.79 Å². The van der Waals surface area contributed by atoms with E-state index in [1.165, 1.54) is 0 Å². The smallest absolute Gasteiger partial charge is 0.264 e. The molecule has 1 amide bonds. The molecule has 0 N–H and O–H groups in total. The van der Waals surface area contributed by atoms with Gasteiger partial charge in [-0.2, -0.15) is 0 Å². The standard InChI is InChI=1S/C20H21NO3S/c1-3-6-15-9-10-17(18(13-15)23-2)24-14-20(22)21-11-12-25-19-8-5-4-7-16(19)21/h3-10,13H,11-12,14H2,1-2H3. The number of para-hydroxylation sites is 1. The van der Waals surface area contributed by atoms with Gasteiger partial charge in [0.2, 0.25) is 0 Å². The van der Waals surface area contributed by atoms with E-state index >= 15 is 0 Å². The normalized spacial score (nSPS) is 13.6. The van der Waals surface area contributed by atoms with Gasteiger partial charge in [0.1, 0.15) is 0 Å². The van der Waals surface area contributed by atoms with Gasteiger partial charge in [-0.15, -0.1) is 11.8 Å². The van der Waals surface area contributed by atoms with E-state index in [9.17, 15) is 4.79 Å². The van der Waals surface area contributed by atoms with Crippen LogP contribution >= 0.6 is 11.8 Å². The summed E-state index contributed by atoms with van der Waals surface area (Å²) in [4.78, 5) is 15.6. The number of benzene rings is 2. The molecule has 0 bridgehead atoms. The Hall–Kier alpha value is -2.40. The molecule has 5 heteroatoms. The molecular formula is C20H21NO3S. The van der Waals surface area contributed by atoms with Crippen LogP contribution in [0.2, 0.25) is 0 Å². The van der Waals surface area contributed by atoms with Crippen molar-refractivity contribution in [2.45, 2.75) is 11.8 Å². The fourth-order valence-corrected chi connectivity index (χ4v) is 3.74. The summed E-state index contributed by atoms with van der Waals surface area (Å²) in [5.74, 6) is 2.04. The predicted octanol–water partition coefficient (Wildman–Crippen LogP) is 4.25. The molecule has 0 radical (unpaired) electrons. The van der Waals surface area contributed by atoms with Gasteiger partial charge in [0.15, 0.2) is 18.1 Å². The number of carbonyl (C=O) groups is 1. The number of rotatable bonds is 5. The largest absolute Gasteiger partial charge is 0.493 e. The van der Waals surface area contributed by atoms with Crippen molar-refractivity contribution in [1.29, 1.82) is 0 Å². The summed E-state index contributed by atoms with van der Waals surface area (Å²) in [6, 6.07) is 13.6. The van der Waals surface area contributed by atoms with Crippen molar-refractivity contribution >= 4 is 29.4 Å². The molecule has 0 saturated carbocycles. The van der Waals surface area contributed by atoms with E-state index in [1.54, 1.807) is 23.8 Å². The third-order valence-electron chi connectivity index (χ3n) is 3.93. The Kier molecular flexibility index (Phi) is 5.66. The zero-order chi connectivity index (χ0) is 17.6. The van der Waals surface area contributed by atoms with Gasteiger partial charge in [0.25, 0.3) is 5.91 Å². The molecule has 25 heavy (non-hydrogen) atoms. The summed E-state index contributed by atoms with van der Waals surface area (Å²) >= 11 is 1.78. The van der Waals surface area contributed by atoms with Gasteiger partial charge in [0.05, 0.1) is 12.8 Å². The summed E-state index contributed by atoms with van der Waals surface area (Å²) in [6.45, 7) is 2.64. The van der Waals surface area contributed by atoms with E-state index in [0.717, 1.165) is 21.9 Å². The van der Waals surface area contributed by atoms with E-state index in [4.69, 9.17) is 9.47 Å². The third kappa shape index (κ3) is 3.99. The number of allylic oxidation sites excluding steroid dienone is 1. The molecule has 1 aliphatic heterocycles. The van der Waals surface area contributed by atoms with Crippen LogP contribution in [0.3, 0.4) is 0 Å². The van der Waals surface area contributed by atoms with E-state index in [1.807, 2.05) is 61.5 Å². The van der Waals surface area contributed by atoms with Gasteiger partial charge < -0.3 is 14.4 Å². The Morgan fingerprint density at radius 3 is 2.88 bits per heavy atom. The average Bonchev–Trinajstić information content (AvgIpc) is 2.66. The van der Waals surface area contributed by atoms with Crippen LogP contribution in [-0.2, 0) is 4.79 Å². The summed E-state index contributed by atoms with van der Waals surface area (Å²) in [6.07, 6.45) is 3.95. The quantitative estimate of drug-likeness (QED) is 0.804. The number of thioether (sulfide) groups is 1. The van der Waals surface area contributed by atoms with Crippen LogP contribution in [-0.4, -0.2) is 31.9 Å². The van der Waals surface area contributed by atoms with Crippen molar-refractivity contribution in [2.75, 3.05) is 30.9 Å². The van der Waals surface area contributed by atoms with Crippen LogP contribution in [0.25, 0.3) is 6.08 Å². The van der Waals surface area contributed by atoms with Crippen LogP contribution in [0.1, 0.15) is 12.5 Å². The zero-order valence-electron chi connectivity index (χ0n) is 14.4. The number of nitrogens with zero attached hydrogens (tertiary/aromatic N) is 1. The minimum atomic E-state index is -0.0488. The lowest BCUT2D eigenvalue weighted by molar-refractivity contribution is -0.120. The molecule has 0 saturated heterocycles. The van der Waals surface area contributed by atoms with Crippen LogP contribution in [0.5, 0.6) is 11.5 Å². The van der Waals surface area contributed by atoms with Crippen molar-refractivity contribution in [3.8, 4) is 11.5 Å². The van der Waals surface area contributed by atoms with Crippen LogP contribution < -0.4 is 14.4 Å². The summed E-state index contributed by atoms with van der Waals surface area (Å²) in [5.41, 5.74) is 1.99. The molecule has 0 unspecified atom stereocenters. The number of carbonyl (C=O) groups excluding carboxylic acids is 1. The number of methoxy groups -OCH3 is 1. The van der Waals surface area contributed by atoms with E-state index in [0.29, 0.717) is 18.0 Å². The number of hydrogen-bond acceptors (Lipinski definition) is 4. The number of fused-ring (bicyclic) bond motifs is 1. The van der Waals surface area contributed by atoms with E-state index < -0.39 is 0 Å². The highest BCUT2D eigenvalue weighted by molar-refractivity contribution is 7.99. The minimum Gasteiger partial charge on any atom is -0.493 e. The summed E-state index contributed by atoms with van der Waals surface area (Å²) in [5, 5.41) is 0. The number of hydrogen-bond donors (Lipinski definition) is 0. The molecule has 0 fully saturated rings. The lowest BCUT2D eigenvalue weighted by atomic mass is 10.2. The topological polar surface area (TPSA) is 38.8 Å². The molecular weight excluding hydrogens is 334 g/mol. The number of anilines is 1. The first-order valence-corrected chi connectivity index (χ1v) is 9.17. The van der Waals surface area contributed by atoms with Gasteiger partial charge in [-0.25, -0.2) is 0 Å². The Morgan fingerprint density at radius 1 is 1.24 bits per heavy atom. The molecule has 2 aromatic rings. The van der Waals surface area contributed by atoms with Crippen LogP contribution in [0, 0.1) is 0 Å². The highest BCUT2D eigenvalue weighted by Gasteiger charge is 2.23. The van der Waals surface area contributed by atoms with Crippen molar-refractivity contribution in [3.05, 3.63) is 54.1 Å². The molecule has 0 aliphatic carbocycles. The molecule has 1 aliphatic rings. The minimum absolute atomic E-state index is 0.0156. The molecule has 4 nitrogen and oxygen atoms in total. The molecule has 0 spiro atoms. The fourth-order valence-electron chi connectivity index (χ4n) is 2.75. The zero-order valence-corrected chi connectivity index (χ0v) is 15.2. The second-order valence-corrected chi connectivity index (χ2v) is 6.70. The van der Waals surface area contributed by atoms with Gasteiger partial charge in [0, 0.05) is 17.2 Å². The van der Waals surface area contributed by atoms with Gasteiger partial charge >= 0.3 is 0 Å². The first-order chi connectivity index (χ1) is 12.2. The summed E-state index contributed by atoms with van der Waals surface area (Å²) < 4.78 is 11.1. The molecule has 130 valence electrons. The molecule has 1 heterocycles. The monoisotopic (exact) mass is 355 g/mol. The second kappa shape index (κ2) is 8.12. The fraction of sp³-hybridized carbons (Fsp3) is 0.250. The Morgan fingerprint density at radius 2 is 2.08 bits per heavy atom. The van der Waals surface area contributed by atoms with Crippen molar-refractivity contribution in [1.82, 2.24) is 0 Å². The van der Waals surface area contributed by atoms with E-state index in [-0.39, 0.29) is 12.5 Å². The highest BCUT2D eigenvalue weighted by Crippen LogP contribution is 2.34. The van der Waals surface area contributed by atoms with Gasteiger partial charge in [-0.1, -0.05) is 30.4 Å². The molecule has 3 rings (SSSR count). The van der Waals surface area contributed by atoms with Crippen molar-refractivity contribution in [2.24, 2.45) is 0 Å². The average molecular weight is 355 g/mol. The maximum Gasteiger partial charge on any atom is 0.264 e. The highest BCUT2D eigenvalue weighted by atomic mass is 32.2. The molecule has 0 aromatic heterocycles. The number of amides is 1. The number of ether oxygens (including phenoxy) is 2. The Balaban J connectivity index is 1.71. The maximum atomic E-state index is 12.6. The van der Waals surface area contributed by atoms with Crippen molar-refractivity contribution < 1.29 is 14.3 Å². The molecule has 0 atom stereocenters. The van der Waals surface area contributed by atoms with Crippen molar-refractivity contribution in [3.63, 3.8) is 0 Å². The Labute approximate surface area is 152 Å². The third-order valence-corrected chi connectivity index (χ3v) is 4.97. The first-order valence-electron chi connectivity index (χ1n) is 8.18. The SMILES string of the molecule is CC=Cc1ccc(OCC(=O)N2CCSc3ccccc32)c(OC)c1. The Bertz CT molecular complexity index is 788. The molecule has 2 aromatic carbocycles. The van der Waals surface area contributed by atoms with E-state index in [2.05, 4.69) is 0 Å². The predicted molar refractivity (Wildman–Crippen MR) is 103 cm³/mol. The lowest BCUT2D eigenvalue weighted by Gasteiger charge is -2.29. The van der Waals surface area contributed by atoms with Crippen LogP contribution in [0.15, 0.2) is 53.4 Å². The second-order valence-electron chi connectivity index (χ2n) is 5.56.